The van der Waals surface area contributed by atoms with Crippen LogP contribution < -0.4 is 10.1 Å². The molecule has 1 aliphatic rings. The van der Waals surface area contributed by atoms with Crippen molar-refractivity contribution >= 4 is 12.4 Å². The van der Waals surface area contributed by atoms with Crippen molar-refractivity contribution in [1.82, 2.24) is 5.32 Å². The molecule has 2 aromatic rings. The minimum Gasteiger partial charge on any atom is -0.493 e. The van der Waals surface area contributed by atoms with Gasteiger partial charge in [0.25, 0.3) is 0 Å². The van der Waals surface area contributed by atoms with Crippen molar-refractivity contribution in [2.45, 2.75) is 25.9 Å². The Morgan fingerprint density at radius 2 is 1.85 bits per heavy atom. The largest absolute Gasteiger partial charge is 0.493 e. The van der Waals surface area contributed by atoms with Gasteiger partial charge in [-0.3, -0.25) is 0 Å². The smallest absolute Gasteiger partial charge is 0.124 e. The maximum Gasteiger partial charge on any atom is 0.124 e. The summed E-state index contributed by atoms with van der Waals surface area (Å²) in [7, 11) is 0. The Labute approximate surface area is 126 Å². The molecule has 3 heteroatoms. The number of hydrogen-bond donors (Lipinski definition) is 1. The van der Waals surface area contributed by atoms with Crippen molar-refractivity contribution in [2.75, 3.05) is 6.61 Å². The number of ether oxygens (including phenoxy) is 1. The molecule has 1 N–H and O–H groups in total. The van der Waals surface area contributed by atoms with Crippen LogP contribution in [0, 0.1) is 6.92 Å². The van der Waals surface area contributed by atoms with Crippen molar-refractivity contribution in [1.29, 1.82) is 0 Å². The lowest BCUT2D eigenvalue weighted by Crippen LogP contribution is -2.26. The molecule has 1 unspecified atom stereocenters. The normalized spacial score (nSPS) is 16.8. The van der Waals surface area contributed by atoms with Crippen molar-refractivity contribution in [3.05, 3.63) is 65.2 Å². The minimum absolute atomic E-state index is 0. The summed E-state index contributed by atoms with van der Waals surface area (Å²) in [6.07, 6.45) is 1.03. The summed E-state index contributed by atoms with van der Waals surface area (Å²) in [5, 5.41) is 3.63. The lowest BCUT2D eigenvalue weighted by molar-refractivity contribution is 0.252. The van der Waals surface area contributed by atoms with Gasteiger partial charge in [-0.25, -0.2) is 0 Å². The first-order chi connectivity index (χ1) is 9.33. The van der Waals surface area contributed by atoms with Crippen LogP contribution in [0.5, 0.6) is 5.75 Å². The van der Waals surface area contributed by atoms with E-state index in [1.54, 1.807) is 0 Å². The van der Waals surface area contributed by atoms with Crippen LogP contribution in [0.2, 0.25) is 0 Å². The summed E-state index contributed by atoms with van der Waals surface area (Å²) < 4.78 is 5.68. The average molecular weight is 290 g/mol. The molecular weight excluding hydrogens is 270 g/mol. The van der Waals surface area contributed by atoms with Crippen LogP contribution in [0.1, 0.15) is 29.2 Å². The van der Waals surface area contributed by atoms with Gasteiger partial charge in [-0.1, -0.05) is 48.0 Å². The zero-order chi connectivity index (χ0) is 13.1. The van der Waals surface area contributed by atoms with E-state index in [1.165, 1.54) is 16.7 Å². The molecule has 2 aromatic carbocycles. The Kier molecular flexibility index (Phi) is 5.05. The quantitative estimate of drug-likeness (QED) is 0.921. The third-order valence-electron chi connectivity index (χ3n) is 3.63. The molecule has 3 rings (SSSR count). The molecule has 0 bridgehead atoms. The van der Waals surface area contributed by atoms with E-state index in [1.807, 2.05) is 6.07 Å². The highest BCUT2D eigenvalue weighted by atomic mass is 35.5. The van der Waals surface area contributed by atoms with E-state index in [0.717, 1.165) is 25.3 Å². The van der Waals surface area contributed by atoms with E-state index in [2.05, 4.69) is 54.7 Å². The number of para-hydroxylation sites is 1. The van der Waals surface area contributed by atoms with Crippen molar-refractivity contribution in [3.63, 3.8) is 0 Å². The fourth-order valence-electron chi connectivity index (χ4n) is 2.50. The lowest BCUT2D eigenvalue weighted by atomic mass is 10.0. The Morgan fingerprint density at radius 3 is 2.65 bits per heavy atom. The number of nitrogens with one attached hydrogen (secondary N) is 1. The van der Waals surface area contributed by atoms with E-state index in [9.17, 15) is 0 Å². The van der Waals surface area contributed by atoms with Gasteiger partial charge in [0.1, 0.15) is 5.75 Å². The first-order valence-electron chi connectivity index (χ1n) is 6.83. The average Bonchev–Trinajstić information content (AvgIpc) is 2.47. The summed E-state index contributed by atoms with van der Waals surface area (Å²) in [6, 6.07) is 17.4. The Hall–Kier alpha value is -1.51. The molecule has 2 nitrogen and oxygen atoms in total. The molecule has 0 aliphatic carbocycles. The Morgan fingerprint density at radius 1 is 1.10 bits per heavy atom. The number of fused-ring (bicyclic) bond motifs is 1. The second kappa shape index (κ2) is 6.78. The molecule has 0 aromatic heterocycles. The minimum atomic E-state index is 0. The lowest BCUT2D eigenvalue weighted by Gasteiger charge is -2.26. The second-order valence-electron chi connectivity index (χ2n) is 5.09. The molecule has 1 heterocycles. The molecule has 0 saturated carbocycles. The number of hydrogen-bond acceptors (Lipinski definition) is 2. The first-order valence-corrected chi connectivity index (χ1v) is 6.83. The van der Waals surface area contributed by atoms with Gasteiger partial charge in [0.15, 0.2) is 0 Å². The fourth-order valence-corrected chi connectivity index (χ4v) is 2.50. The SMILES string of the molecule is Cc1ccc(CNC2CCOc3ccccc32)cc1.Cl. The molecule has 0 saturated heterocycles. The second-order valence-corrected chi connectivity index (χ2v) is 5.09. The van der Waals surface area contributed by atoms with E-state index < -0.39 is 0 Å². The predicted octanol–water partition coefficient (Wildman–Crippen LogP) is 4.03. The number of halogens is 1. The van der Waals surface area contributed by atoms with Crippen LogP contribution >= 0.6 is 12.4 Å². The summed E-state index contributed by atoms with van der Waals surface area (Å²) in [4.78, 5) is 0. The molecule has 1 aliphatic heterocycles. The highest BCUT2D eigenvalue weighted by Crippen LogP contribution is 2.31. The van der Waals surface area contributed by atoms with E-state index >= 15 is 0 Å². The maximum atomic E-state index is 5.68. The van der Waals surface area contributed by atoms with Gasteiger partial charge in [0.2, 0.25) is 0 Å². The van der Waals surface area contributed by atoms with Gasteiger partial charge in [-0.05, 0) is 18.6 Å². The predicted molar refractivity (Wildman–Crippen MR) is 84.6 cm³/mol. The van der Waals surface area contributed by atoms with Gasteiger partial charge in [0.05, 0.1) is 6.61 Å². The van der Waals surface area contributed by atoms with Crippen molar-refractivity contribution < 1.29 is 4.74 Å². The maximum absolute atomic E-state index is 5.68. The standard InChI is InChI=1S/C17H19NO.ClH/c1-13-6-8-14(9-7-13)12-18-16-10-11-19-17-5-3-2-4-15(16)17;/h2-9,16,18H,10-12H2,1H3;1H. The topological polar surface area (TPSA) is 21.3 Å². The molecule has 0 fully saturated rings. The third-order valence-corrected chi connectivity index (χ3v) is 3.63. The molecule has 20 heavy (non-hydrogen) atoms. The molecule has 0 amide bonds. The highest BCUT2D eigenvalue weighted by molar-refractivity contribution is 5.85. The Bertz CT molecular complexity index is 553. The number of benzene rings is 2. The van der Waals surface area contributed by atoms with Crippen LogP contribution in [0.25, 0.3) is 0 Å². The summed E-state index contributed by atoms with van der Waals surface area (Å²) in [5.41, 5.74) is 3.91. The van der Waals surface area contributed by atoms with Crippen LogP contribution in [0.15, 0.2) is 48.5 Å². The summed E-state index contributed by atoms with van der Waals surface area (Å²) in [6.45, 7) is 3.81. The van der Waals surface area contributed by atoms with Gasteiger partial charge >= 0.3 is 0 Å². The third kappa shape index (κ3) is 3.33. The summed E-state index contributed by atoms with van der Waals surface area (Å²) in [5.74, 6) is 1.02. The van der Waals surface area contributed by atoms with Crippen molar-refractivity contribution in [2.24, 2.45) is 0 Å². The van der Waals surface area contributed by atoms with Crippen LogP contribution in [0.3, 0.4) is 0 Å². The van der Waals surface area contributed by atoms with Gasteiger partial charge < -0.3 is 10.1 Å². The first kappa shape index (κ1) is 14.9. The number of aryl methyl sites for hydroxylation is 1. The van der Waals surface area contributed by atoms with Gasteiger partial charge in [0, 0.05) is 24.6 Å². The highest BCUT2D eigenvalue weighted by Gasteiger charge is 2.20. The van der Waals surface area contributed by atoms with E-state index in [-0.39, 0.29) is 12.4 Å². The zero-order valence-electron chi connectivity index (χ0n) is 11.6. The van der Waals surface area contributed by atoms with Gasteiger partial charge in [-0.15, -0.1) is 12.4 Å². The summed E-state index contributed by atoms with van der Waals surface area (Å²) >= 11 is 0. The molecule has 106 valence electrons. The molecule has 0 spiro atoms. The van der Waals surface area contributed by atoms with E-state index in [0.29, 0.717) is 6.04 Å². The molecule has 1 atom stereocenters. The van der Waals surface area contributed by atoms with Crippen LogP contribution in [-0.2, 0) is 6.54 Å². The van der Waals surface area contributed by atoms with E-state index in [4.69, 9.17) is 4.74 Å². The van der Waals surface area contributed by atoms with Crippen LogP contribution in [-0.4, -0.2) is 6.61 Å². The van der Waals surface area contributed by atoms with Gasteiger partial charge in [-0.2, -0.15) is 0 Å². The Balaban J connectivity index is 0.00000147. The zero-order valence-corrected chi connectivity index (χ0v) is 12.5. The fraction of sp³-hybridized carbons (Fsp3) is 0.294. The van der Waals surface area contributed by atoms with Crippen molar-refractivity contribution in [3.8, 4) is 5.75 Å². The monoisotopic (exact) mass is 289 g/mol. The van der Waals surface area contributed by atoms with Crippen LogP contribution in [0.4, 0.5) is 0 Å². The molecular formula is C17H20ClNO. The number of rotatable bonds is 3. The molecule has 0 radical (unpaired) electrons.